The number of unbranched alkanes of at least 4 members (excludes halogenated alkanes) is 1. The molecule has 6 aromatic heterocycles. The second-order valence-electron chi connectivity index (χ2n) is 36.3. The fourth-order valence-electron chi connectivity index (χ4n) is 18.7. The number of aliphatic hydroxyl groups excluding tert-OH is 1. The molecule has 37 heteroatoms. The van der Waals surface area contributed by atoms with Crippen LogP contribution < -0.4 is 21.7 Å². The van der Waals surface area contributed by atoms with Crippen LogP contribution in [0.25, 0.3) is 55.8 Å². The minimum absolute atomic E-state index is 0.0156. The molecule has 4 fully saturated rings. The summed E-state index contributed by atoms with van der Waals surface area (Å²) >= 11 is 0. The van der Waals surface area contributed by atoms with Gasteiger partial charge in [0.15, 0.2) is 17.0 Å². The van der Waals surface area contributed by atoms with Gasteiger partial charge in [0.25, 0.3) is 17.7 Å². The van der Waals surface area contributed by atoms with Crippen LogP contribution in [0.15, 0.2) is 126 Å². The van der Waals surface area contributed by atoms with Crippen molar-refractivity contribution in [1.29, 1.82) is 0 Å². The second-order valence-corrected chi connectivity index (χ2v) is 36.3. The number of hydrogen-bond donors (Lipinski definition) is 5. The number of piperazine rings is 1. The summed E-state index contributed by atoms with van der Waals surface area (Å²) in [5, 5.41) is 50.3. The molecule has 4 aliphatic heterocycles. The zero-order chi connectivity index (χ0) is 95.0. The van der Waals surface area contributed by atoms with Crippen LogP contribution in [0.5, 0.6) is 0 Å². The average Bonchev–Trinajstić information content (AvgIpc) is 1.57. The maximum Gasteiger partial charge on any atom is 0.329 e. The largest absolute Gasteiger partial charge is 0.460 e. The van der Waals surface area contributed by atoms with Crippen LogP contribution in [-0.4, -0.2) is 282 Å². The van der Waals surface area contributed by atoms with Crippen LogP contribution in [0.1, 0.15) is 157 Å². The number of aryl methyl sites for hydroxylation is 1. The monoisotopic (exact) mass is 1850 g/mol. The minimum atomic E-state index is -2.48. The Bertz CT molecular complexity index is 5350. The second kappa shape index (κ2) is 48.6. The van der Waals surface area contributed by atoms with Crippen molar-refractivity contribution < 1.29 is 86.0 Å². The zero-order valence-corrected chi connectivity index (χ0v) is 78.8. The van der Waals surface area contributed by atoms with E-state index in [-0.39, 0.29) is 79.9 Å². The average molecular weight is 1850 g/mol. The van der Waals surface area contributed by atoms with E-state index in [9.17, 15) is 39.0 Å². The number of aromatic nitrogens is 13. The number of cyclic esters (lactones) is 1. The first-order valence-corrected chi connectivity index (χ1v) is 47.2. The topological polar surface area (TPSA) is 457 Å². The molecule has 2 amide bonds. The summed E-state index contributed by atoms with van der Waals surface area (Å²) < 4.78 is 64.5. The van der Waals surface area contributed by atoms with Crippen LogP contribution in [0.3, 0.4) is 0 Å². The van der Waals surface area contributed by atoms with Gasteiger partial charge >= 0.3 is 5.97 Å². The van der Waals surface area contributed by atoms with Crippen molar-refractivity contribution in [3.8, 4) is 33.6 Å². The maximum atomic E-state index is 15.0. The summed E-state index contributed by atoms with van der Waals surface area (Å²) in [6, 6.07) is 12.3. The number of methoxy groups -OCH3 is 3. The molecule has 15 atom stereocenters. The molecule has 7 N–H and O–H groups in total. The van der Waals surface area contributed by atoms with E-state index in [4.69, 9.17) is 73.6 Å². The molecular weight excluding hydrogens is 1720 g/mol. The Kier molecular flexibility index (Phi) is 36.5. The van der Waals surface area contributed by atoms with Crippen molar-refractivity contribution in [3.05, 3.63) is 127 Å². The van der Waals surface area contributed by atoms with E-state index in [1.807, 2.05) is 112 Å². The third kappa shape index (κ3) is 26.2. The van der Waals surface area contributed by atoms with Crippen LogP contribution in [-0.2, 0) is 91.0 Å². The molecule has 1 aliphatic carbocycles. The van der Waals surface area contributed by atoms with Gasteiger partial charge in [-0.3, -0.25) is 28.9 Å². The van der Waals surface area contributed by atoms with Crippen molar-refractivity contribution in [2.24, 2.45) is 35.5 Å². The van der Waals surface area contributed by atoms with Gasteiger partial charge in [0.1, 0.15) is 53.5 Å². The molecular formula is C97H133N19O18. The predicted octanol–water partition coefficient (Wildman–Crippen LogP) is 9.86. The van der Waals surface area contributed by atoms with Crippen molar-refractivity contribution in [1.82, 2.24) is 79.8 Å². The number of hydrogen-bond acceptors (Lipinski definition) is 32. The number of rotatable bonds is 33. The molecule has 0 radical (unpaired) electrons. The molecule has 134 heavy (non-hydrogen) atoms. The van der Waals surface area contributed by atoms with Crippen molar-refractivity contribution in [2.45, 2.75) is 219 Å². The standard InChI is InChI=1S/C97H133N19O18/c1-61-19-12-11-13-20-62(2)81(125-8)53-74-27-24-67(7)97(124,134-74)90(121)93(122)114-32-16-14-23-77(114)94(123)132-82(54-79(117)63(3)48-66(6)88(120)89(127-10)87(119)65(5)47-61)64(4)49-68-25-28-76(83(50-68)126-9)116-78(57-105-109-116)70-22-18-21-69(51-70)72-55-101-96(102-56-72)112-36-34-111(35-37-112)58-73-59-113(110-107-73)38-40-129-42-44-131-46-45-130-43-41-128-39-30-84(118)100-31-15-17-33-115-92-85(91(98)103-60-104-92)86(108-115)71-26-29-80-75(52-71)106-95(99)133-80/h11-13,18-22,26,29,48,51-52,55-57,59-61,63-65,67-68,74,76-77,81-83,88-89,120,124H,14-17,23-25,27-28,30-47,49-50,53-54,58H2,1-10H3,(H2,99,106)(H,100,118)(H2,98,103,104)/b13-11+,19-12+,62-20+,66-48+/t61-,63-,64-,65-,67-,68+,74+,76+,77+,81+,82+,83-,88-,89+,97-/m1/s1. The lowest BCUT2D eigenvalue weighted by molar-refractivity contribution is -0.265. The number of fused-ring (bicyclic) bond motifs is 5. The number of nitrogens with zero attached hydrogens (tertiary/aromatic N) is 16. The Balaban J connectivity index is 0.531. The van der Waals surface area contributed by atoms with E-state index in [2.05, 4.69) is 56.8 Å². The number of nitrogens with one attached hydrogen (secondary N) is 1. The summed E-state index contributed by atoms with van der Waals surface area (Å²) in [6.07, 6.45) is 22.0. The third-order valence-corrected chi connectivity index (χ3v) is 26.5. The summed E-state index contributed by atoms with van der Waals surface area (Å²) in [5.74, 6) is -7.56. The number of Topliss-reactive ketones (excluding diaryl/α,β-unsaturated/α-hetero) is 3. The first-order chi connectivity index (χ1) is 64.8. The van der Waals surface area contributed by atoms with Gasteiger partial charge in [0.05, 0.1) is 107 Å². The molecule has 13 rings (SSSR count). The number of nitrogen functional groups attached to an aromatic ring is 2. The fourth-order valence-corrected chi connectivity index (χ4v) is 18.7. The molecule has 2 aromatic carbocycles. The van der Waals surface area contributed by atoms with Gasteiger partial charge in [-0.25, -0.2) is 38.8 Å². The number of oxazole rings is 1. The van der Waals surface area contributed by atoms with Gasteiger partial charge in [-0.1, -0.05) is 99.7 Å². The Morgan fingerprint density at radius 3 is 2.25 bits per heavy atom. The number of aliphatic hydroxyl groups is 2. The van der Waals surface area contributed by atoms with E-state index in [1.165, 1.54) is 18.3 Å². The number of anilines is 3. The number of esters is 1. The first kappa shape index (κ1) is 101. The molecule has 2 bridgehead atoms. The lowest BCUT2D eigenvalue weighted by Gasteiger charge is -2.42. The fraction of sp³-hybridized carbons (Fsp3) is 0.588. The predicted molar refractivity (Wildman–Crippen MR) is 499 cm³/mol. The quantitative estimate of drug-likeness (QED) is 0.0110. The number of allylic oxidation sites excluding steroid dienone is 6. The number of piperidine rings is 1. The molecule has 37 nitrogen and oxygen atoms in total. The van der Waals surface area contributed by atoms with Crippen LogP contribution >= 0.6 is 0 Å². The summed E-state index contributed by atoms with van der Waals surface area (Å²) in [4.78, 5) is 114. The highest BCUT2D eigenvalue weighted by Crippen LogP contribution is 2.43. The Hall–Kier alpha value is -10.8. The highest BCUT2D eigenvalue weighted by molar-refractivity contribution is 6.39. The summed E-state index contributed by atoms with van der Waals surface area (Å²) in [7, 11) is 4.65. The molecule has 3 saturated heterocycles. The van der Waals surface area contributed by atoms with E-state index in [0.29, 0.717) is 175 Å². The van der Waals surface area contributed by atoms with Crippen LogP contribution in [0.4, 0.5) is 17.8 Å². The smallest absolute Gasteiger partial charge is 0.329 e. The summed E-state index contributed by atoms with van der Waals surface area (Å²) in [6.45, 7) is 21.2. The van der Waals surface area contributed by atoms with Gasteiger partial charge in [0, 0.05) is 146 Å². The van der Waals surface area contributed by atoms with Crippen LogP contribution in [0, 0.1) is 35.5 Å². The minimum Gasteiger partial charge on any atom is -0.460 e. The molecule has 1 saturated carbocycles. The van der Waals surface area contributed by atoms with Crippen LogP contribution in [0.2, 0.25) is 0 Å². The highest BCUT2D eigenvalue weighted by atomic mass is 16.6. The number of amides is 2. The van der Waals surface area contributed by atoms with Gasteiger partial charge in [0.2, 0.25) is 17.6 Å². The summed E-state index contributed by atoms with van der Waals surface area (Å²) in [5.41, 5.74) is 20.8. The molecule has 0 spiro atoms. The molecule has 0 unspecified atom stereocenters. The lowest BCUT2D eigenvalue weighted by atomic mass is 9.77. The van der Waals surface area contributed by atoms with E-state index in [0.717, 1.165) is 84.7 Å². The van der Waals surface area contributed by atoms with Crippen molar-refractivity contribution in [3.63, 3.8) is 0 Å². The lowest BCUT2D eigenvalue weighted by Crippen LogP contribution is -2.61. The van der Waals surface area contributed by atoms with E-state index in [1.54, 1.807) is 62.7 Å². The number of ether oxygens (including phenoxy) is 9. The number of nitrogens with two attached hydrogens (primary N) is 2. The van der Waals surface area contributed by atoms with E-state index >= 15 is 0 Å². The molecule has 5 aliphatic rings. The van der Waals surface area contributed by atoms with E-state index < -0.39 is 83.7 Å². The molecule has 8 aromatic rings. The number of carbonyl (C=O) groups is 6. The Morgan fingerprint density at radius 1 is 0.739 bits per heavy atom. The number of carbonyl (C=O) groups excluding carboxylic acids is 6. The number of ketones is 3. The normalized spacial score (nSPS) is 26.6. The highest BCUT2D eigenvalue weighted by Gasteiger charge is 2.53. The number of benzene rings is 2. The van der Waals surface area contributed by atoms with Gasteiger partial charge in [-0.05, 0) is 150 Å². The first-order valence-electron chi connectivity index (χ1n) is 47.2. The van der Waals surface area contributed by atoms with Crippen molar-refractivity contribution in [2.75, 3.05) is 130 Å². The van der Waals surface area contributed by atoms with Gasteiger partial charge in [-0.15, -0.1) is 10.2 Å². The van der Waals surface area contributed by atoms with Gasteiger partial charge < -0.3 is 83.8 Å². The molecule has 724 valence electrons. The molecule has 10 heterocycles. The van der Waals surface area contributed by atoms with Gasteiger partial charge in [-0.2, -0.15) is 10.1 Å². The third-order valence-electron chi connectivity index (χ3n) is 26.5. The SMILES string of the molecule is CO[C@H]1C[C@@H]2CC[C@@H](C)[C@@](O)(O2)C(=O)C(=O)N2CCCC[C@H]2C(=O)O[C@H]([C@H](C)C[C@@H]2CC[C@H](n3nncc3-c3cccc(-c4cnc(N5CCN(Cc6cn(CCOCCOCCOCCOCCC(=O)NCCCCn7nc(-c8ccc9oc(N)nc9c8)c8c(N)ncnc87)nn6)CC5)nc4)c3)[C@H](OC)C2)CC(=O)[C@H](C)/C=C(\C)[C@@H](O)[C@@H](OC)C(=O)[C@H](C)C[C@H](C)/C=C/C=C/C=C/1C. The van der Waals surface area contributed by atoms with Crippen molar-refractivity contribution >= 4 is 75.0 Å². The maximum absolute atomic E-state index is 15.0. The zero-order valence-electron chi connectivity index (χ0n) is 78.8. The Morgan fingerprint density at radius 2 is 1.49 bits per heavy atom. The Labute approximate surface area is 781 Å².